The molecule has 1 aromatic heterocycles. The van der Waals surface area contributed by atoms with E-state index in [4.69, 9.17) is 14.5 Å². The van der Waals surface area contributed by atoms with Gasteiger partial charge in [-0.05, 0) is 104 Å². The fourth-order valence-corrected chi connectivity index (χ4v) is 8.61. The molecule has 7 atom stereocenters. The lowest BCUT2D eigenvalue weighted by Crippen LogP contribution is -2.40. The van der Waals surface area contributed by atoms with Gasteiger partial charge in [-0.25, -0.2) is 9.78 Å². The molecule has 236 valence electrons. The maximum absolute atomic E-state index is 13.7. The third-order valence-corrected chi connectivity index (χ3v) is 10.9. The third-order valence-electron chi connectivity index (χ3n) is 10.4. The first kappa shape index (κ1) is 29.8. The minimum Gasteiger partial charge on any atom is -0.497 e. The number of pyridine rings is 1. The van der Waals surface area contributed by atoms with Crippen molar-refractivity contribution in [3.8, 4) is 17.0 Å². The highest BCUT2D eigenvalue weighted by atomic mass is 79.9. The van der Waals surface area contributed by atoms with Crippen LogP contribution in [-0.4, -0.2) is 41.8 Å². The van der Waals surface area contributed by atoms with Gasteiger partial charge in [0.2, 0.25) is 17.6 Å². The van der Waals surface area contributed by atoms with Gasteiger partial charge in [0, 0.05) is 21.0 Å². The van der Waals surface area contributed by atoms with Gasteiger partial charge in [-0.1, -0.05) is 40.2 Å². The van der Waals surface area contributed by atoms with E-state index in [9.17, 15) is 19.2 Å². The largest absolute Gasteiger partial charge is 0.497 e. The Morgan fingerprint density at radius 2 is 1.55 bits per heavy atom. The summed E-state index contributed by atoms with van der Waals surface area (Å²) in [6.07, 6.45) is 4.42. The van der Waals surface area contributed by atoms with Crippen molar-refractivity contribution < 1.29 is 28.7 Å². The summed E-state index contributed by atoms with van der Waals surface area (Å²) < 4.78 is 11.7. The van der Waals surface area contributed by atoms with E-state index < -0.39 is 12.1 Å². The van der Waals surface area contributed by atoms with Crippen molar-refractivity contribution >= 4 is 56.1 Å². The molecule has 9 rings (SSSR count). The van der Waals surface area contributed by atoms with E-state index in [-0.39, 0.29) is 46.8 Å². The van der Waals surface area contributed by atoms with Crippen LogP contribution in [0.4, 0.5) is 5.69 Å². The van der Waals surface area contributed by atoms with Crippen LogP contribution in [-0.2, 0) is 14.3 Å². The first-order valence-electron chi connectivity index (χ1n) is 15.8. The molecule has 1 aliphatic heterocycles. The van der Waals surface area contributed by atoms with E-state index in [0.29, 0.717) is 51.0 Å². The summed E-state index contributed by atoms with van der Waals surface area (Å²) in [4.78, 5) is 60.3. The fraction of sp³-hybridized carbons (Fsp3) is 0.289. The summed E-state index contributed by atoms with van der Waals surface area (Å²) in [6, 6.07) is 19.2. The minimum atomic E-state index is -1.04. The number of aromatic nitrogens is 1. The molecule has 7 unspecified atom stereocenters. The molecule has 2 bridgehead atoms. The molecular weight excluding hydrogens is 660 g/mol. The number of esters is 1. The summed E-state index contributed by atoms with van der Waals surface area (Å²) in [5.74, 6) is 0.288. The van der Waals surface area contributed by atoms with E-state index in [1.165, 1.54) is 4.90 Å². The Balaban J connectivity index is 1.09. The number of halogens is 1. The lowest BCUT2D eigenvalue weighted by atomic mass is 9.63. The number of amides is 2. The number of Topliss-reactive ketones (excluding diaryl/α,β-unsaturated/α-hetero) is 1. The fourth-order valence-electron chi connectivity index (χ4n) is 8.03. The number of rotatable bonds is 7. The van der Waals surface area contributed by atoms with E-state index in [0.717, 1.165) is 16.5 Å². The number of carbonyl (C=O) groups is 4. The number of imide groups is 1. The van der Waals surface area contributed by atoms with E-state index in [1.807, 2.05) is 31.2 Å². The monoisotopic (exact) mass is 690 g/mol. The van der Waals surface area contributed by atoms with Crippen molar-refractivity contribution in [2.24, 2.45) is 35.5 Å². The number of hydrogen-bond donors (Lipinski definition) is 0. The molecule has 0 spiro atoms. The Bertz CT molecular complexity index is 2000. The van der Waals surface area contributed by atoms with Crippen LogP contribution in [0, 0.1) is 42.4 Å². The molecule has 0 N–H and O–H groups in total. The van der Waals surface area contributed by atoms with Gasteiger partial charge in [0.05, 0.1) is 41.4 Å². The highest BCUT2D eigenvalue weighted by Crippen LogP contribution is 2.65. The second-order valence-electron chi connectivity index (χ2n) is 13.0. The number of ketones is 1. The molecule has 3 aromatic carbocycles. The summed E-state index contributed by atoms with van der Waals surface area (Å²) in [7, 11) is 1.55. The Hall–Kier alpha value is -4.63. The van der Waals surface area contributed by atoms with Crippen LogP contribution in [0.2, 0.25) is 0 Å². The molecule has 1 saturated heterocycles. The second-order valence-corrected chi connectivity index (χ2v) is 13.9. The molecule has 5 aliphatic rings. The van der Waals surface area contributed by atoms with Crippen molar-refractivity contribution in [1.82, 2.24) is 4.98 Å². The number of methoxy groups -OCH3 is 1. The van der Waals surface area contributed by atoms with Gasteiger partial charge >= 0.3 is 5.97 Å². The standard InChI is InChI=1S/C38H31BrN2O6/c1-18-14-22(39)15-29-30(38(45)47-19(2)35(42)21-6-10-24(46-3)11-7-21)17-31(40-34(18)29)20-4-8-23(9-5-20)41-36(43)32-25-12-13-26(28-16-27(25)28)33(32)37(41)44/h4-15,17,19,25-28,32-33H,16H2,1-3H3. The minimum absolute atomic E-state index is 0.106. The molecule has 2 heterocycles. The third kappa shape index (κ3) is 4.74. The SMILES string of the molecule is COc1ccc(C(=O)C(C)OC(=O)c2cc(-c3ccc(N4C(=O)C5C6C=CC(C7CC67)C5C4=O)cc3)nc3c(C)cc(Br)cc23)cc1. The van der Waals surface area contributed by atoms with Gasteiger partial charge in [0.25, 0.3) is 0 Å². The van der Waals surface area contributed by atoms with Crippen LogP contribution >= 0.6 is 15.9 Å². The molecule has 47 heavy (non-hydrogen) atoms. The number of nitrogens with zero attached hydrogens (tertiary/aromatic N) is 2. The van der Waals surface area contributed by atoms with Gasteiger partial charge < -0.3 is 9.47 Å². The van der Waals surface area contributed by atoms with E-state index in [2.05, 4.69) is 28.1 Å². The van der Waals surface area contributed by atoms with Crippen LogP contribution in [0.5, 0.6) is 5.75 Å². The van der Waals surface area contributed by atoms with Gasteiger partial charge in [-0.3, -0.25) is 19.3 Å². The zero-order valence-corrected chi connectivity index (χ0v) is 27.6. The van der Waals surface area contributed by atoms with Crippen LogP contribution in [0.25, 0.3) is 22.2 Å². The summed E-state index contributed by atoms with van der Waals surface area (Å²) in [5, 5.41) is 0.587. The molecule has 2 amide bonds. The maximum Gasteiger partial charge on any atom is 0.339 e. The predicted octanol–water partition coefficient (Wildman–Crippen LogP) is 6.97. The normalized spacial score (nSPS) is 25.8. The number of benzene rings is 3. The highest BCUT2D eigenvalue weighted by Gasteiger charge is 2.67. The summed E-state index contributed by atoms with van der Waals surface area (Å²) in [6.45, 7) is 3.46. The number of anilines is 1. The van der Waals surface area contributed by atoms with Crippen molar-refractivity contribution in [2.75, 3.05) is 12.0 Å². The van der Waals surface area contributed by atoms with Crippen LogP contribution < -0.4 is 9.64 Å². The Morgan fingerprint density at radius 3 is 2.17 bits per heavy atom. The van der Waals surface area contributed by atoms with Crippen LogP contribution in [0.1, 0.15) is 39.6 Å². The number of hydrogen-bond acceptors (Lipinski definition) is 7. The molecule has 3 fully saturated rings. The topological polar surface area (TPSA) is 103 Å². The average Bonchev–Trinajstić information content (AvgIpc) is 3.86. The number of carbonyl (C=O) groups excluding carboxylic acids is 4. The van der Waals surface area contributed by atoms with Crippen LogP contribution in [0.15, 0.2) is 83.4 Å². The van der Waals surface area contributed by atoms with Gasteiger partial charge in [0.1, 0.15) is 5.75 Å². The first-order valence-corrected chi connectivity index (χ1v) is 16.6. The quantitative estimate of drug-likeness (QED) is 0.0893. The summed E-state index contributed by atoms with van der Waals surface area (Å²) in [5.41, 5.74) is 3.90. The Labute approximate surface area is 279 Å². The number of aryl methyl sites for hydroxylation is 1. The van der Waals surface area contributed by atoms with Gasteiger partial charge in [0.15, 0.2) is 6.10 Å². The number of allylic oxidation sites excluding steroid dienone is 2. The van der Waals surface area contributed by atoms with E-state index in [1.54, 1.807) is 56.5 Å². The predicted molar refractivity (Wildman–Crippen MR) is 179 cm³/mol. The first-order chi connectivity index (χ1) is 22.6. The number of ether oxygens (including phenoxy) is 2. The van der Waals surface area contributed by atoms with Crippen molar-refractivity contribution in [2.45, 2.75) is 26.4 Å². The summed E-state index contributed by atoms with van der Waals surface area (Å²) >= 11 is 3.53. The molecule has 9 heteroatoms. The lowest BCUT2D eigenvalue weighted by molar-refractivity contribution is -0.124. The van der Waals surface area contributed by atoms with Crippen molar-refractivity contribution in [3.05, 3.63) is 100 Å². The van der Waals surface area contributed by atoms with Crippen molar-refractivity contribution in [1.29, 1.82) is 0 Å². The smallest absolute Gasteiger partial charge is 0.339 e. The molecular formula is C38H31BrN2O6. The van der Waals surface area contributed by atoms with Crippen molar-refractivity contribution in [3.63, 3.8) is 0 Å². The molecule has 2 saturated carbocycles. The van der Waals surface area contributed by atoms with E-state index >= 15 is 0 Å². The maximum atomic E-state index is 13.7. The Morgan fingerprint density at radius 1 is 0.915 bits per heavy atom. The molecule has 8 nitrogen and oxygen atoms in total. The van der Waals surface area contributed by atoms with Gasteiger partial charge in [-0.15, -0.1) is 0 Å². The van der Waals surface area contributed by atoms with Crippen LogP contribution in [0.3, 0.4) is 0 Å². The second kappa shape index (κ2) is 11.0. The zero-order valence-electron chi connectivity index (χ0n) is 26.0. The zero-order chi connectivity index (χ0) is 32.7. The molecule has 4 aromatic rings. The highest BCUT2D eigenvalue weighted by molar-refractivity contribution is 9.10. The average molecular weight is 692 g/mol. The molecule has 4 aliphatic carbocycles. The molecule has 0 radical (unpaired) electrons. The lowest BCUT2D eigenvalue weighted by Gasteiger charge is -2.37. The number of fused-ring (bicyclic) bond motifs is 1. The van der Waals surface area contributed by atoms with Gasteiger partial charge in [-0.2, -0.15) is 0 Å². The Kier molecular flexibility index (Phi) is 6.95.